The van der Waals surface area contributed by atoms with Gasteiger partial charge in [-0.15, -0.1) is 0 Å². The van der Waals surface area contributed by atoms with Crippen molar-refractivity contribution in [3.8, 4) is 11.9 Å². The fraction of sp³-hybridized carbons (Fsp3) is 0.333. The molecular formula is C24H29N3O6. The molecule has 33 heavy (non-hydrogen) atoms. The number of nitriles is 1. The summed E-state index contributed by atoms with van der Waals surface area (Å²) in [4.78, 5) is 23.1. The summed E-state index contributed by atoms with van der Waals surface area (Å²) < 4.78 is 5.46. The highest BCUT2D eigenvalue weighted by atomic mass is 16.5. The fourth-order valence-electron chi connectivity index (χ4n) is 2.55. The summed E-state index contributed by atoms with van der Waals surface area (Å²) in [5.41, 5.74) is 1.57. The van der Waals surface area contributed by atoms with Crippen LogP contribution in [0, 0.1) is 11.3 Å². The van der Waals surface area contributed by atoms with E-state index in [1.807, 2.05) is 24.3 Å². The van der Waals surface area contributed by atoms with Crippen molar-refractivity contribution in [1.29, 1.82) is 5.26 Å². The maximum atomic E-state index is 10.1. The second-order valence-corrected chi connectivity index (χ2v) is 7.69. The van der Waals surface area contributed by atoms with E-state index >= 15 is 0 Å². The lowest BCUT2D eigenvalue weighted by Gasteiger charge is -2.28. The van der Waals surface area contributed by atoms with E-state index in [1.165, 1.54) is 5.56 Å². The number of rotatable bonds is 11. The second kappa shape index (κ2) is 14.3. The monoisotopic (exact) mass is 455 g/mol. The van der Waals surface area contributed by atoms with Crippen LogP contribution in [0.25, 0.3) is 0 Å². The topological polar surface area (TPSA) is 153 Å². The Bertz CT molecular complexity index is 938. The maximum Gasteiger partial charge on any atom is 0.328 e. The number of aliphatic carboxylic acids is 2. The van der Waals surface area contributed by atoms with Crippen LogP contribution in [-0.2, 0) is 16.0 Å². The smallest absolute Gasteiger partial charge is 0.328 e. The molecule has 9 heteroatoms. The van der Waals surface area contributed by atoms with Crippen LogP contribution in [0.4, 0.5) is 0 Å². The van der Waals surface area contributed by atoms with Gasteiger partial charge >= 0.3 is 11.9 Å². The van der Waals surface area contributed by atoms with Crippen molar-refractivity contribution in [2.45, 2.75) is 38.3 Å². The normalized spacial score (nSPS) is 11.7. The number of carboxylic acid groups (broad SMARTS) is 2. The molecule has 1 atom stereocenters. The molecule has 1 aromatic carbocycles. The first-order valence-corrected chi connectivity index (χ1v) is 10.2. The van der Waals surface area contributed by atoms with Gasteiger partial charge in [0, 0.05) is 30.4 Å². The molecule has 2 aromatic rings. The van der Waals surface area contributed by atoms with Gasteiger partial charge in [-0.2, -0.15) is 5.26 Å². The maximum absolute atomic E-state index is 10.1. The molecule has 1 heterocycles. The van der Waals surface area contributed by atoms with Crippen LogP contribution >= 0.6 is 0 Å². The number of aliphatic hydroxyl groups is 1. The Kier molecular flexibility index (Phi) is 11.9. The zero-order valence-corrected chi connectivity index (χ0v) is 18.6. The van der Waals surface area contributed by atoms with E-state index in [0.29, 0.717) is 24.3 Å². The van der Waals surface area contributed by atoms with Crippen LogP contribution in [0.5, 0.6) is 5.88 Å². The third-order valence-electron chi connectivity index (χ3n) is 4.37. The largest absolute Gasteiger partial charge is 0.478 e. The van der Waals surface area contributed by atoms with Crippen molar-refractivity contribution in [3.63, 3.8) is 0 Å². The fourth-order valence-corrected chi connectivity index (χ4v) is 2.55. The second-order valence-electron chi connectivity index (χ2n) is 7.69. The Morgan fingerprint density at radius 3 is 2.36 bits per heavy atom. The van der Waals surface area contributed by atoms with Crippen LogP contribution in [-0.4, -0.2) is 57.0 Å². The highest BCUT2D eigenvalue weighted by Gasteiger charge is 2.19. The zero-order chi connectivity index (χ0) is 24.7. The molecule has 2 rings (SSSR count). The van der Waals surface area contributed by atoms with E-state index in [2.05, 4.69) is 36.3 Å². The van der Waals surface area contributed by atoms with E-state index in [4.69, 9.17) is 20.2 Å². The molecule has 0 aliphatic carbocycles. The molecule has 1 aromatic heterocycles. The zero-order valence-electron chi connectivity index (χ0n) is 18.6. The van der Waals surface area contributed by atoms with Crippen molar-refractivity contribution in [1.82, 2.24) is 10.3 Å². The van der Waals surface area contributed by atoms with E-state index in [0.717, 1.165) is 12.8 Å². The summed E-state index contributed by atoms with van der Waals surface area (Å²) in [5, 5.41) is 38.1. The van der Waals surface area contributed by atoms with Gasteiger partial charge < -0.3 is 25.4 Å². The average Bonchev–Trinajstić information content (AvgIpc) is 2.80. The molecule has 0 aliphatic heterocycles. The molecule has 0 radical (unpaired) electrons. The van der Waals surface area contributed by atoms with Crippen molar-refractivity contribution >= 4 is 11.9 Å². The number of benzene rings is 1. The standard InChI is InChI=1S/C20H25N3O2.C4H4O4/c1-20(2,11-10-16-7-4-3-5-8-16)23-14-18(24)15-25-19-17(13-21)9-6-12-22-19;5-3(6)1-2-4(7)8/h3-9,12,18,23-24H,10-11,14-15H2,1-2H3;1-2H,(H,5,6)(H,7,8)/t18-;/m0./s1. The van der Waals surface area contributed by atoms with E-state index in [-0.39, 0.29) is 18.0 Å². The van der Waals surface area contributed by atoms with Gasteiger partial charge in [0.2, 0.25) is 5.88 Å². The van der Waals surface area contributed by atoms with Gasteiger partial charge in [-0.1, -0.05) is 30.3 Å². The average molecular weight is 456 g/mol. The minimum absolute atomic E-state index is 0.0907. The number of β-amino-alcohol motifs (C(OH)–C–C–N with tert-alkyl or cyclic N) is 1. The number of aryl methyl sites for hydroxylation is 1. The molecule has 0 spiro atoms. The molecule has 0 fully saturated rings. The van der Waals surface area contributed by atoms with Crippen molar-refractivity contribution in [2.24, 2.45) is 0 Å². The number of aliphatic hydroxyl groups excluding tert-OH is 1. The molecule has 0 unspecified atom stereocenters. The lowest BCUT2D eigenvalue weighted by Crippen LogP contribution is -2.45. The van der Waals surface area contributed by atoms with Crippen LogP contribution in [0.3, 0.4) is 0 Å². The number of hydrogen-bond acceptors (Lipinski definition) is 7. The van der Waals surface area contributed by atoms with E-state index < -0.39 is 18.0 Å². The number of carboxylic acids is 2. The number of carbonyl (C=O) groups is 2. The van der Waals surface area contributed by atoms with Crippen LogP contribution < -0.4 is 10.1 Å². The Balaban J connectivity index is 0.000000582. The Hall–Kier alpha value is -3.74. The number of hydrogen-bond donors (Lipinski definition) is 4. The molecule has 0 bridgehead atoms. The molecule has 4 N–H and O–H groups in total. The van der Waals surface area contributed by atoms with Gasteiger partial charge in [0.25, 0.3) is 0 Å². The van der Waals surface area contributed by atoms with Gasteiger partial charge in [-0.25, -0.2) is 14.6 Å². The Morgan fingerprint density at radius 1 is 1.15 bits per heavy atom. The summed E-state index contributed by atoms with van der Waals surface area (Å²) >= 11 is 0. The predicted octanol–water partition coefficient (Wildman–Crippen LogP) is 2.41. The molecule has 9 nitrogen and oxygen atoms in total. The number of ether oxygens (including phenoxy) is 1. The summed E-state index contributed by atoms with van der Waals surface area (Å²) in [5.74, 6) is -2.26. The lowest BCUT2D eigenvalue weighted by molar-refractivity contribution is -0.134. The molecule has 0 saturated heterocycles. The minimum Gasteiger partial charge on any atom is -0.478 e. The first-order chi connectivity index (χ1) is 15.6. The van der Waals surface area contributed by atoms with Gasteiger partial charge in [0.15, 0.2) is 0 Å². The molecule has 0 aliphatic rings. The van der Waals surface area contributed by atoms with E-state index in [1.54, 1.807) is 18.3 Å². The molecule has 176 valence electrons. The van der Waals surface area contributed by atoms with Gasteiger partial charge in [0.1, 0.15) is 24.3 Å². The highest BCUT2D eigenvalue weighted by Crippen LogP contribution is 2.15. The predicted molar refractivity (Wildman–Crippen MR) is 122 cm³/mol. The van der Waals surface area contributed by atoms with Crippen LogP contribution in [0.2, 0.25) is 0 Å². The van der Waals surface area contributed by atoms with Crippen molar-refractivity contribution in [2.75, 3.05) is 13.2 Å². The number of aromatic nitrogens is 1. The number of nitrogens with zero attached hydrogens (tertiary/aromatic N) is 2. The number of nitrogens with one attached hydrogen (secondary N) is 1. The summed E-state index contributed by atoms with van der Waals surface area (Å²) in [6.07, 6.45) is 3.94. The van der Waals surface area contributed by atoms with Crippen molar-refractivity contribution in [3.05, 3.63) is 71.9 Å². The first kappa shape index (κ1) is 27.3. The minimum atomic E-state index is -1.26. The van der Waals surface area contributed by atoms with Gasteiger partial charge in [-0.05, 0) is 44.4 Å². The Labute approximate surface area is 193 Å². The highest BCUT2D eigenvalue weighted by molar-refractivity contribution is 5.89. The quantitative estimate of drug-likeness (QED) is 0.374. The van der Waals surface area contributed by atoms with Crippen LogP contribution in [0.1, 0.15) is 31.4 Å². The van der Waals surface area contributed by atoms with E-state index in [9.17, 15) is 14.7 Å². The molecule has 0 amide bonds. The van der Waals surface area contributed by atoms with Gasteiger partial charge in [0.05, 0.1) is 0 Å². The molecule has 0 saturated carbocycles. The number of pyridine rings is 1. The van der Waals surface area contributed by atoms with Gasteiger partial charge in [-0.3, -0.25) is 0 Å². The van der Waals surface area contributed by atoms with Crippen molar-refractivity contribution < 1.29 is 29.6 Å². The first-order valence-electron chi connectivity index (χ1n) is 10.2. The Morgan fingerprint density at radius 2 is 1.79 bits per heavy atom. The lowest BCUT2D eigenvalue weighted by atomic mass is 9.95. The van der Waals surface area contributed by atoms with Crippen LogP contribution in [0.15, 0.2) is 60.8 Å². The molecular weight excluding hydrogens is 426 g/mol. The third-order valence-corrected chi connectivity index (χ3v) is 4.37. The summed E-state index contributed by atoms with van der Waals surface area (Å²) in [6.45, 7) is 4.75. The SMILES string of the molecule is CC(C)(CCc1ccccc1)NC[C@H](O)COc1ncccc1C#N.O=C(O)C=CC(=O)O. The third kappa shape index (κ3) is 12.6. The summed E-state index contributed by atoms with van der Waals surface area (Å²) in [6, 6.07) is 15.7. The summed E-state index contributed by atoms with van der Waals surface area (Å²) in [7, 11) is 0.